The number of aromatic nitrogens is 3. The minimum Gasteiger partial charge on any atom is -0.497 e. The molecule has 0 bridgehead atoms. The summed E-state index contributed by atoms with van der Waals surface area (Å²) in [7, 11) is 1.61. The van der Waals surface area contributed by atoms with Crippen LogP contribution in [-0.2, 0) is 16.1 Å². The van der Waals surface area contributed by atoms with Gasteiger partial charge in [-0.15, -0.1) is 5.10 Å². The summed E-state index contributed by atoms with van der Waals surface area (Å²) < 4.78 is 6.79. The zero-order chi connectivity index (χ0) is 21.5. The number of piperidine rings is 1. The van der Waals surface area contributed by atoms with Crippen molar-refractivity contribution in [2.45, 2.75) is 25.4 Å². The van der Waals surface area contributed by atoms with E-state index in [1.54, 1.807) is 24.1 Å². The fourth-order valence-corrected chi connectivity index (χ4v) is 3.97. The topological polar surface area (TPSA) is 106 Å². The van der Waals surface area contributed by atoms with E-state index in [2.05, 4.69) is 15.6 Å². The Kier molecular flexibility index (Phi) is 4.50. The molecule has 9 nitrogen and oxygen atoms in total. The Morgan fingerprint density at radius 3 is 2.65 bits per heavy atom. The van der Waals surface area contributed by atoms with Crippen LogP contribution in [0.3, 0.4) is 0 Å². The highest BCUT2D eigenvalue weighted by atomic mass is 16.5. The molecule has 1 saturated heterocycles. The van der Waals surface area contributed by atoms with Crippen molar-refractivity contribution >= 4 is 17.7 Å². The number of rotatable bonds is 4. The van der Waals surface area contributed by atoms with E-state index in [0.717, 1.165) is 16.9 Å². The lowest BCUT2D eigenvalue weighted by Crippen LogP contribution is -2.52. The maximum Gasteiger partial charge on any atom is 0.255 e. The summed E-state index contributed by atoms with van der Waals surface area (Å²) in [4.78, 5) is 38.1. The molecular weight excluding hydrogens is 398 g/mol. The molecule has 0 spiro atoms. The summed E-state index contributed by atoms with van der Waals surface area (Å²) in [6, 6.07) is 12.4. The number of carbonyl (C=O) groups excluding carboxylic acids is 3. The molecule has 1 unspecified atom stereocenters. The number of nitrogens with zero attached hydrogens (tertiary/aromatic N) is 4. The Balaban J connectivity index is 1.39. The number of nitrogens with one attached hydrogen (secondary N) is 1. The average Bonchev–Trinajstić information content (AvgIpc) is 3.39. The molecule has 1 N–H and O–H groups in total. The van der Waals surface area contributed by atoms with Gasteiger partial charge in [0.05, 0.1) is 19.0 Å². The molecule has 3 heterocycles. The molecule has 5 rings (SSSR count). The summed E-state index contributed by atoms with van der Waals surface area (Å²) in [5.41, 5.74) is 3.66. The van der Waals surface area contributed by atoms with Gasteiger partial charge in [-0.25, -0.2) is 4.68 Å². The first-order valence-corrected chi connectivity index (χ1v) is 9.88. The Morgan fingerprint density at radius 2 is 1.90 bits per heavy atom. The highest BCUT2D eigenvalue weighted by Gasteiger charge is 2.39. The lowest BCUT2D eigenvalue weighted by atomic mass is 10.0. The van der Waals surface area contributed by atoms with Gasteiger partial charge >= 0.3 is 0 Å². The normalized spacial score (nSPS) is 18.2. The van der Waals surface area contributed by atoms with Crippen LogP contribution in [0.25, 0.3) is 16.9 Å². The van der Waals surface area contributed by atoms with E-state index < -0.39 is 11.9 Å². The monoisotopic (exact) mass is 417 g/mol. The van der Waals surface area contributed by atoms with E-state index in [9.17, 15) is 14.4 Å². The lowest BCUT2D eigenvalue weighted by Gasteiger charge is -2.29. The molecule has 31 heavy (non-hydrogen) atoms. The quantitative estimate of drug-likeness (QED) is 0.648. The molecule has 3 amide bonds. The SMILES string of the molecule is COc1ccc(-c2cn(-c3ccc4c(c3)C(=O)N(C3CCC(=O)NC3=O)C4)nn2)cc1. The highest BCUT2D eigenvalue weighted by molar-refractivity contribution is 6.05. The third-order valence-corrected chi connectivity index (χ3v) is 5.66. The Bertz CT molecular complexity index is 1200. The number of carbonyl (C=O) groups is 3. The van der Waals surface area contributed by atoms with Crippen molar-refractivity contribution in [3.63, 3.8) is 0 Å². The molecule has 0 saturated carbocycles. The van der Waals surface area contributed by atoms with Gasteiger partial charge < -0.3 is 9.64 Å². The fraction of sp³-hybridized carbons (Fsp3) is 0.227. The number of fused-ring (bicyclic) bond motifs is 1. The van der Waals surface area contributed by atoms with Crippen LogP contribution in [0.1, 0.15) is 28.8 Å². The molecular formula is C22H19N5O4. The Morgan fingerprint density at radius 1 is 1.10 bits per heavy atom. The van der Waals surface area contributed by atoms with Crippen LogP contribution in [-0.4, -0.2) is 50.8 Å². The summed E-state index contributed by atoms with van der Waals surface area (Å²) in [5.74, 6) is -0.180. The van der Waals surface area contributed by atoms with Crippen molar-refractivity contribution in [1.82, 2.24) is 25.2 Å². The van der Waals surface area contributed by atoms with E-state index >= 15 is 0 Å². The minimum absolute atomic E-state index is 0.221. The maximum atomic E-state index is 13.0. The summed E-state index contributed by atoms with van der Waals surface area (Å²) in [5, 5.41) is 10.7. The first-order valence-electron chi connectivity index (χ1n) is 9.88. The molecule has 0 radical (unpaired) electrons. The number of hydrogen-bond acceptors (Lipinski definition) is 6. The molecule has 1 fully saturated rings. The average molecular weight is 417 g/mol. The number of imide groups is 1. The first kappa shape index (κ1) is 19.0. The van der Waals surface area contributed by atoms with Crippen molar-refractivity contribution < 1.29 is 19.1 Å². The summed E-state index contributed by atoms with van der Waals surface area (Å²) >= 11 is 0. The van der Waals surface area contributed by atoms with Crippen molar-refractivity contribution in [2.24, 2.45) is 0 Å². The van der Waals surface area contributed by atoms with Gasteiger partial charge in [0.1, 0.15) is 17.5 Å². The molecule has 0 aliphatic carbocycles. The Labute approximate surface area is 177 Å². The second kappa shape index (κ2) is 7.35. The number of amides is 3. The summed E-state index contributed by atoms with van der Waals surface area (Å²) in [6.45, 7) is 0.342. The van der Waals surface area contributed by atoms with Crippen molar-refractivity contribution in [3.05, 3.63) is 59.8 Å². The number of methoxy groups -OCH3 is 1. The van der Waals surface area contributed by atoms with Crippen LogP contribution in [0.5, 0.6) is 5.75 Å². The van der Waals surface area contributed by atoms with E-state index in [0.29, 0.717) is 29.9 Å². The molecule has 156 valence electrons. The molecule has 9 heteroatoms. The Hall–Kier alpha value is -4.01. The van der Waals surface area contributed by atoms with Gasteiger partial charge in [0.25, 0.3) is 5.91 Å². The van der Waals surface area contributed by atoms with E-state index in [1.165, 1.54) is 4.90 Å². The van der Waals surface area contributed by atoms with E-state index in [-0.39, 0.29) is 18.2 Å². The molecule has 2 aliphatic rings. The zero-order valence-electron chi connectivity index (χ0n) is 16.7. The maximum absolute atomic E-state index is 13.0. The van der Waals surface area contributed by atoms with Crippen LogP contribution >= 0.6 is 0 Å². The molecule has 1 aromatic heterocycles. The van der Waals surface area contributed by atoms with Crippen molar-refractivity contribution in [1.29, 1.82) is 0 Å². The highest BCUT2D eigenvalue weighted by Crippen LogP contribution is 2.29. The number of ether oxygens (including phenoxy) is 1. The van der Waals surface area contributed by atoms with Gasteiger partial charge in [-0.3, -0.25) is 19.7 Å². The number of benzene rings is 2. The third-order valence-electron chi connectivity index (χ3n) is 5.66. The third kappa shape index (κ3) is 3.33. The zero-order valence-corrected chi connectivity index (χ0v) is 16.7. The molecule has 1 atom stereocenters. The largest absolute Gasteiger partial charge is 0.497 e. The van der Waals surface area contributed by atoms with Gasteiger partial charge in [0.2, 0.25) is 11.8 Å². The van der Waals surface area contributed by atoms with E-state index in [4.69, 9.17) is 4.74 Å². The van der Waals surface area contributed by atoms with Gasteiger partial charge in [-0.2, -0.15) is 0 Å². The molecule has 3 aromatic rings. The van der Waals surface area contributed by atoms with Crippen LogP contribution in [0.4, 0.5) is 0 Å². The molecule has 2 aliphatic heterocycles. The van der Waals surface area contributed by atoms with Crippen LogP contribution < -0.4 is 10.1 Å². The van der Waals surface area contributed by atoms with Gasteiger partial charge in [0, 0.05) is 24.1 Å². The van der Waals surface area contributed by atoms with Gasteiger partial charge in [-0.05, 0) is 48.4 Å². The predicted octanol–water partition coefficient (Wildman–Crippen LogP) is 1.70. The fourth-order valence-electron chi connectivity index (χ4n) is 3.97. The first-order chi connectivity index (χ1) is 15.0. The van der Waals surface area contributed by atoms with Crippen LogP contribution in [0.2, 0.25) is 0 Å². The van der Waals surface area contributed by atoms with E-state index in [1.807, 2.05) is 36.4 Å². The van der Waals surface area contributed by atoms with Crippen LogP contribution in [0, 0.1) is 0 Å². The van der Waals surface area contributed by atoms with Gasteiger partial charge in [0.15, 0.2) is 0 Å². The predicted molar refractivity (Wildman–Crippen MR) is 109 cm³/mol. The second-order valence-corrected chi connectivity index (χ2v) is 7.52. The number of hydrogen-bond donors (Lipinski definition) is 1. The summed E-state index contributed by atoms with van der Waals surface area (Å²) in [6.07, 6.45) is 2.36. The standard InChI is InChI=1S/C22H19N5O4/c1-31-16-6-3-13(4-7-16)18-12-27(25-24-18)15-5-2-14-11-26(22(30)17(14)10-15)19-8-9-20(28)23-21(19)29/h2-7,10,12,19H,8-9,11H2,1H3,(H,23,28,29). The van der Waals surface area contributed by atoms with Crippen LogP contribution in [0.15, 0.2) is 48.7 Å². The smallest absolute Gasteiger partial charge is 0.255 e. The second-order valence-electron chi connectivity index (χ2n) is 7.52. The lowest BCUT2D eigenvalue weighted by molar-refractivity contribution is -0.136. The molecule has 2 aromatic carbocycles. The minimum atomic E-state index is -0.630. The van der Waals surface area contributed by atoms with Crippen molar-refractivity contribution in [3.8, 4) is 22.7 Å². The van der Waals surface area contributed by atoms with Crippen molar-refractivity contribution in [2.75, 3.05) is 7.11 Å². The van der Waals surface area contributed by atoms with Gasteiger partial charge in [-0.1, -0.05) is 11.3 Å².